The van der Waals surface area contributed by atoms with E-state index in [1.165, 1.54) is 11.1 Å². The molecule has 0 atom stereocenters. The predicted octanol–water partition coefficient (Wildman–Crippen LogP) is 3.34. The van der Waals surface area contributed by atoms with E-state index in [9.17, 15) is 0 Å². The molecule has 2 N–H and O–H groups in total. The molecular weight excluding hydrogens is 260 g/mol. The summed E-state index contributed by atoms with van der Waals surface area (Å²) in [6, 6.07) is 16.4. The molecule has 0 heterocycles. The van der Waals surface area contributed by atoms with Crippen molar-refractivity contribution >= 4 is 5.69 Å². The van der Waals surface area contributed by atoms with Crippen LogP contribution in [0.3, 0.4) is 0 Å². The number of nitrogen functional groups attached to an aromatic ring is 1. The van der Waals surface area contributed by atoms with Crippen molar-refractivity contribution in [1.82, 2.24) is 4.90 Å². The number of aryl methyl sites for hydroxylation is 1. The van der Waals surface area contributed by atoms with E-state index in [0.717, 1.165) is 37.4 Å². The molecule has 2 rings (SSSR count). The summed E-state index contributed by atoms with van der Waals surface area (Å²) in [5, 5.41) is 0. The summed E-state index contributed by atoms with van der Waals surface area (Å²) in [5.41, 5.74) is 9.41. The lowest BCUT2D eigenvalue weighted by Crippen LogP contribution is -2.19. The van der Waals surface area contributed by atoms with Gasteiger partial charge in [0.1, 0.15) is 5.75 Å². The monoisotopic (exact) mass is 284 g/mol. The fourth-order valence-electron chi connectivity index (χ4n) is 2.42. The number of nitrogens with zero attached hydrogens (tertiary/aromatic N) is 1. The average molecular weight is 284 g/mol. The van der Waals surface area contributed by atoms with E-state index >= 15 is 0 Å². The number of methoxy groups -OCH3 is 1. The van der Waals surface area contributed by atoms with Crippen LogP contribution in [0.2, 0.25) is 0 Å². The lowest BCUT2D eigenvalue weighted by atomic mass is 10.1. The number of para-hydroxylation sites is 1. The maximum Gasteiger partial charge on any atom is 0.118 e. The van der Waals surface area contributed by atoms with Gasteiger partial charge in [0.15, 0.2) is 0 Å². The minimum Gasteiger partial charge on any atom is -0.497 e. The molecule has 0 saturated carbocycles. The topological polar surface area (TPSA) is 38.5 Å². The zero-order chi connectivity index (χ0) is 15.1. The van der Waals surface area contributed by atoms with Gasteiger partial charge in [0, 0.05) is 12.2 Å². The van der Waals surface area contributed by atoms with E-state index in [2.05, 4.69) is 30.1 Å². The molecule has 0 spiro atoms. The van der Waals surface area contributed by atoms with Gasteiger partial charge in [0.25, 0.3) is 0 Å². The Labute approximate surface area is 127 Å². The van der Waals surface area contributed by atoms with E-state index in [0.29, 0.717) is 0 Å². The van der Waals surface area contributed by atoms with Crippen LogP contribution in [0.5, 0.6) is 5.75 Å². The smallest absolute Gasteiger partial charge is 0.118 e. The summed E-state index contributed by atoms with van der Waals surface area (Å²) in [4.78, 5) is 2.33. The normalized spacial score (nSPS) is 10.8. The van der Waals surface area contributed by atoms with Gasteiger partial charge in [-0.3, -0.25) is 0 Å². The van der Waals surface area contributed by atoms with Crippen LogP contribution in [-0.2, 0) is 13.0 Å². The molecule has 0 saturated heterocycles. The van der Waals surface area contributed by atoms with Crippen LogP contribution in [0.25, 0.3) is 0 Å². The third-order valence-electron chi connectivity index (χ3n) is 3.65. The van der Waals surface area contributed by atoms with Gasteiger partial charge in [-0.1, -0.05) is 30.3 Å². The van der Waals surface area contributed by atoms with E-state index in [-0.39, 0.29) is 0 Å². The maximum absolute atomic E-state index is 5.96. The molecule has 2 aromatic carbocycles. The number of hydrogen-bond donors (Lipinski definition) is 1. The summed E-state index contributed by atoms with van der Waals surface area (Å²) < 4.78 is 5.17. The molecule has 0 aliphatic rings. The number of anilines is 1. The molecule has 0 aromatic heterocycles. The van der Waals surface area contributed by atoms with Crippen molar-refractivity contribution in [3.8, 4) is 5.75 Å². The van der Waals surface area contributed by atoms with Crippen LogP contribution < -0.4 is 10.5 Å². The highest BCUT2D eigenvalue weighted by atomic mass is 16.5. The Hall–Kier alpha value is -2.00. The molecule has 0 amide bonds. The van der Waals surface area contributed by atoms with Gasteiger partial charge >= 0.3 is 0 Å². The Bertz CT molecular complexity index is 551. The quantitative estimate of drug-likeness (QED) is 0.793. The number of benzene rings is 2. The first kappa shape index (κ1) is 15.4. The average Bonchev–Trinajstić information content (AvgIpc) is 2.50. The summed E-state index contributed by atoms with van der Waals surface area (Å²) in [5.74, 6) is 0.904. The zero-order valence-electron chi connectivity index (χ0n) is 12.9. The summed E-state index contributed by atoms with van der Waals surface area (Å²) in [6.07, 6.45) is 2.14. The largest absolute Gasteiger partial charge is 0.497 e. The molecule has 0 unspecified atom stereocenters. The van der Waals surface area contributed by atoms with Crippen molar-refractivity contribution in [2.24, 2.45) is 0 Å². The third kappa shape index (κ3) is 4.80. The van der Waals surface area contributed by atoms with Gasteiger partial charge < -0.3 is 15.4 Å². The first-order chi connectivity index (χ1) is 10.2. The highest BCUT2D eigenvalue weighted by Crippen LogP contribution is 2.14. The SMILES string of the molecule is COc1ccc(CN(C)CCCc2ccccc2N)cc1. The van der Waals surface area contributed by atoms with E-state index in [1.54, 1.807) is 7.11 Å². The lowest BCUT2D eigenvalue weighted by Gasteiger charge is -2.17. The molecule has 0 aliphatic heterocycles. The number of ether oxygens (including phenoxy) is 1. The van der Waals surface area contributed by atoms with Gasteiger partial charge in [-0.15, -0.1) is 0 Å². The van der Waals surface area contributed by atoms with Crippen LogP contribution in [0.1, 0.15) is 17.5 Å². The van der Waals surface area contributed by atoms with Crippen molar-refractivity contribution < 1.29 is 4.74 Å². The first-order valence-electron chi connectivity index (χ1n) is 7.34. The number of nitrogens with two attached hydrogens (primary N) is 1. The van der Waals surface area contributed by atoms with Gasteiger partial charge in [0.2, 0.25) is 0 Å². The lowest BCUT2D eigenvalue weighted by molar-refractivity contribution is 0.322. The molecule has 2 aromatic rings. The van der Waals surface area contributed by atoms with Crippen molar-refractivity contribution in [2.75, 3.05) is 26.4 Å². The second-order valence-electron chi connectivity index (χ2n) is 5.39. The highest BCUT2D eigenvalue weighted by molar-refractivity contribution is 5.46. The Kier molecular flexibility index (Phi) is 5.64. The molecule has 21 heavy (non-hydrogen) atoms. The number of rotatable bonds is 7. The van der Waals surface area contributed by atoms with Crippen molar-refractivity contribution in [1.29, 1.82) is 0 Å². The Morgan fingerprint density at radius 2 is 1.76 bits per heavy atom. The van der Waals surface area contributed by atoms with Crippen LogP contribution in [0.4, 0.5) is 5.69 Å². The second-order valence-corrected chi connectivity index (χ2v) is 5.39. The van der Waals surface area contributed by atoms with Crippen LogP contribution in [0, 0.1) is 0 Å². The first-order valence-corrected chi connectivity index (χ1v) is 7.34. The van der Waals surface area contributed by atoms with Gasteiger partial charge in [-0.2, -0.15) is 0 Å². The van der Waals surface area contributed by atoms with E-state index in [4.69, 9.17) is 10.5 Å². The van der Waals surface area contributed by atoms with Gasteiger partial charge in [0.05, 0.1) is 7.11 Å². The molecule has 0 radical (unpaired) electrons. The van der Waals surface area contributed by atoms with Crippen molar-refractivity contribution in [3.63, 3.8) is 0 Å². The second kappa shape index (κ2) is 7.70. The van der Waals surface area contributed by atoms with Gasteiger partial charge in [-0.25, -0.2) is 0 Å². The molecule has 0 fully saturated rings. The fourth-order valence-corrected chi connectivity index (χ4v) is 2.42. The van der Waals surface area contributed by atoms with E-state index in [1.807, 2.05) is 30.3 Å². The maximum atomic E-state index is 5.96. The number of hydrogen-bond acceptors (Lipinski definition) is 3. The molecule has 3 heteroatoms. The molecular formula is C18H24N2O. The Morgan fingerprint density at radius 3 is 2.43 bits per heavy atom. The molecule has 0 aliphatic carbocycles. The minimum atomic E-state index is 0.898. The Morgan fingerprint density at radius 1 is 1.05 bits per heavy atom. The third-order valence-corrected chi connectivity index (χ3v) is 3.65. The molecule has 112 valence electrons. The summed E-state index contributed by atoms with van der Waals surface area (Å²) in [7, 11) is 3.84. The van der Waals surface area contributed by atoms with Crippen molar-refractivity contribution in [3.05, 3.63) is 59.7 Å². The van der Waals surface area contributed by atoms with Crippen molar-refractivity contribution in [2.45, 2.75) is 19.4 Å². The van der Waals surface area contributed by atoms with Crippen LogP contribution >= 0.6 is 0 Å². The zero-order valence-corrected chi connectivity index (χ0v) is 12.9. The standard InChI is InChI=1S/C18H24N2O/c1-20(14-15-9-11-17(21-2)12-10-15)13-5-7-16-6-3-4-8-18(16)19/h3-4,6,8-12H,5,7,13-14,19H2,1-2H3. The molecule has 0 bridgehead atoms. The predicted molar refractivity (Wildman–Crippen MR) is 88.5 cm³/mol. The van der Waals surface area contributed by atoms with Crippen LogP contribution in [0.15, 0.2) is 48.5 Å². The van der Waals surface area contributed by atoms with Gasteiger partial charge in [-0.05, 0) is 55.8 Å². The minimum absolute atomic E-state index is 0.898. The Balaban J connectivity index is 1.76. The summed E-state index contributed by atoms with van der Waals surface area (Å²) in [6.45, 7) is 2.01. The highest BCUT2D eigenvalue weighted by Gasteiger charge is 2.03. The molecule has 3 nitrogen and oxygen atoms in total. The van der Waals surface area contributed by atoms with Crippen LogP contribution in [-0.4, -0.2) is 25.6 Å². The fraction of sp³-hybridized carbons (Fsp3) is 0.333. The summed E-state index contributed by atoms with van der Waals surface area (Å²) >= 11 is 0. The van der Waals surface area contributed by atoms with E-state index < -0.39 is 0 Å².